The van der Waals surface area contributed by atoms with Gasteiger partial charge in [0.05, 0.1) is 30.9 Å². The Bertz CT molecular complexity index is 937. The number of sulfonamides is 1. The number of ether oxygens (including phenoxy) is 2. The lowest BCUT2D eigenvalue weighted by atomic mass is 10.1. The lowest BCUT2D eigenvalue weighted by molar-refractivity contribution is 0.0302. The van der Waals surface area contributed by atoms with Crippen molar-refractivity contribution in [2.24, 2.45) is 0 Å². The van der Waals surface area contributed by atoms with Gasteiger partial charge in [0.25, 0.3) is 15.9 Å². The Labute approximate surface area is 158 Å². The molecule has 1 saturated heterocycles. The Morgan fingerprint density at radius 3 is 2.56 bits per heavy atom. The molecule has 0 radical (unpaired) electrons. The zero-order chi connectivity index (χ0) is 19.4. The summed E-state index contributed by atoms with van der Waals surface area (Å²) in [6, 6.07) is 11.3. The molecule has 27 heavy (non-hydrogen) atoms. The summed E-state index contributed by atoms with van der Waals surface area (Å²) in [5.74, 6) is 0.225. The van der Waals surface area contributed by atoms with Gasteiger partial charge in [-0.3, -0.25) is 9.52 Å². The third-order valence-corrected chi connectivity index (χ3v) is 5.76. The van der Waals surface area contributed by atoms with Crippen LogP contribution in [0.1, 0.15) is 15.9 Å². The first kappa shape index (κ1) is 19.2. The van der Waals surface area contributed by atoms with E-state index < -0.39 is 10.0 Å². The molecule has 1 amide bonds. The third-order valence-electron chi connectivity index (χ3n) is 4.40. The van der Waals surface area contributed by atoms with Crippen molar-refractivity contribution in [2.75, 3.05) is 38.1 Å². The number of anilines is 1. The Morgan fingerprint density at radius 1 is 1.15 bits per heavy atom. The average Bonchev–Trinajstić information content (AvgIpc) is 2.68. The zero-order valence-corrected chi connectivity index (χ0v) is 16.1. The van der Waals surface area contributed by atoms with E-state index in [9.17, 15) is 13.2 Å². The number of hydrogen-bond donors (Lipinski definition) is 1. The van der Waals surface area contributed by atoms with E-state index in [1.54, 1.807) is 42.2 Å². The first-order chi connectivity index (χ1) is 12.9. The number of rotatable bonds is 5. The van der Waals surface area contributed by atoms with E-state index >= 15 is 0 Å². The molecule has 2 aromatic rings. The normalized spacial score (nSPS) is 14.7. The van der Waals surface area contributed by atoms with Crippen LogP contribution in [0, 0.1) is 6.92 Å². The molecular weight excluding hydrogens is 368 g/mol. The van der Waals surface area contributed by atoms with Crippen LogP contribution in [0.25, 0.3) is 0 Å². The number of para-hydroxylation sites is 2. The second-order valence-electron chi connectivity index (χ2n) is 6.19. The maximum atomic E-state index is 12.8. The molecule has 1 aliphatic rings. The van der Waals surface area contributed by atoms with Crippen molar-refractivity contribution in [2.45, 2.75) is 11.8 Å². The molecule has 1 N–H and O–H groups in total. The number of aryl methyl sites for hydroxylation is 1. The molecule has 7 nitrogen and oxygen atoms in total. The second kappa shape index (κ2) is 7.98. The summed E-state index contributed by atoms with van der Waals surface area (Å²) in [6.07, 6.45) is 0. The molecule has 0 aromatic heterocycles. The standard InChI is InChI=1S/C19H22N2O5S/c1-14-7-8-15(13-16(14)19(22)21-9-11-26-12-10-21)27(23,24)20-17-5-3-4-6-18(17)25-2/h3-8,13,20H,9-12H2,1-2H3. The van der Waals surface area contributed by atoms with Crippen LogP contribution in [-0.4, -0.2) is 52.6 Å². The monoisotopic (exact) mass is 390 g/mol. The number of carbonyl (C=O) groups is 1. The Hall–Kier alpha value is -2.58. The minimum absolute atomic E-state index is 0.0237. The molecule has 0 saturated carbocycles. The molecule has 0 spiro atoms. The fourth-order valence-corrected chi connectivity index (χ4v) is 3.96. The number of amides is 1. The lowest BCUT2D eigenvalue weighted by Gasteiger charge is -2.27. The molecular formula is C19H22N2O5S. The van der Waals surface area contributed by atoms with Crippen molar-refractivity contribution < 1.29 is 22.7 Å². The van der Waals surface area contributed by atoms with Gasteiger partial charge in [0.1, 0.15) is 5.75 Å². The van der Waals surface area contributed by atoms with Gasteiger partial charge >= 0.3 is 0 Å². The predicted molar refractivity (Wildman–Crippen MR) is 102 cm³/mol. The van der Waals surface area contributed by atoms with Crippen molar-refractivity contribution in [3.05, 3.63) is 53.6 Å². The highest BCUT2D eigenvalue weighted by Crippen LogP contribution is 2.27. The summed E-state index contributed by atoms with van der Waals surface area (Å²) in [5.41, 5.74) is 1.43. The molecule has 0 aliphatic carbocycles. The fourth-order valence-electron chi connectivity index (χ4n) is 2.87. The quantitative estimate of drug-likeness (QED) is 0.847. The minimum Gasteiger partial charge on any atom is -0.495 e. The van der Waals surface area contributed by atoms with Crippen LogP contribution >= 0.6 is 0 Å². The van der Waals surface area contributed by atoms with E-state index in [1.165, 1.54) is 19.2 Å². The highest BCUT2D eigenvalue weighted by molar-refractivity contribution is 7.92. The number of nitrogens with zero attached hydrogens (tertiary/aromatic N) is 1. The molecule has 3 rings (SSSR count). The van der Waals surface area contributed by atoms with Crippen molar-refractivity contribution in [3.63, 3.8) is 0 Å². The molecule has 8 heteroatoms. The van der Waals surface area contributed by atoms with Gasteiger partial charge in [0.15, 0.2) is 0 Å². The van der Waals surface area contributed by atoms with Crippen LogP contribution in [0.4, 0.5) is 5.69 Å². The number of nitrogens with one attached hydrogen (secondary N) is 1. The van der Waals surface area contributed by atoms with Crippen LogP contribution in [0.5, 0.6) is 5.75 Å². The van der Waals surface area contributed by atoms with Crippen molar-refractivity contribution >= 4 is 21.6 Å². The molecule has 0 bridgehead atoms. The number of morpholine rings is 1. The Kier molecular flexibility index (Phi) is 5.67. The number of hydrogen-bond acceptors (Lipinski definition) is 5. The minimum atomic E-state index is -3.87. The van der Waals surface area contributed by atoms with Crippen LogP contribution < -0.4 is 9.46 Å². The second-order valence-corrected chi connectivity index (χ2v) is 7.87. The van der Waals surface area contributed by atoms with Crippen molar-refractivity contribution in [1.82, 2.24) is 4.90 Å². The SMILES string of the molecule is COc1ccccc1NS(=O)(=O)c1ccc(C)c(C(=O)N2CCOCC2)c1. The molecule has 0 unspecified atom stereocenters. The molecule has 1 heterocycles. The van der Waals surface area contributed by atoms with Crippen molar-refractivity contribution in [1.29, 1.82) is 0 Å². The molecule has 144 valence electrons. The van der Waals surface area contributed by atoms with E-state index in [0.29, 0.717) is 43.3 Å². The highest BCUT2D eigenvalue weighted by atomic mass is 32.2. The van der Waals surface area contributed by atoms with Crippen LogP contribution in [0.15, 0.2) is 47.4 Å². The van der Waals surface area contributed by atoms with E-state index in [4.69, 9.17) is 9.47 Å². The van der Waals surface area contributed by atoms with Crippen LogP contribution in [0.2, 0.25) is 0 Å². The fraction of sp³-hybridized carbons (Fsp3) is 0.316. The Balaban J connectivity index is 1.91. The van der Waals surface area contributed by atoms with E-state index in [-0.39, 0.29) is 10.8 Å². The highest BCUT2D eigenvalue weighted by Gasteiger charge is 2.23. The van der Waals surface area contributed by atoms with Gasteiger partial charge in [-0.2, -0.15) is 0 Å². The van der Waals surface area contributed by atoms with Gasteiger partial charge in [-0.25, -0.2) is 8.42 Å². The lowest BCUT2D eigenvalue weighted by Crippen LogP contribution is -2.41. The van der Waals surface area contributed by atoms with Gasteiger partial charge in [0.2, 0.25) is 0 Å². The van der Waals surface area contributed by atoms with Crippen molar-refractivity contribution in [3.8, 4) is 5.75 Å². The topological polar surface area (TPSA) is 84.9 Å². The smallest absolute Gasteiger partial charge is 0.262 e. The predicted octanol–water partition coefficient (Wildman–Crippen LogP) is 2.28. The molecule has 0 atom stereocenters. The first-order valence-corrected chi connectivity index (χ1v) is 10.0. The summed E-state index contributed by atoms with van der Waals surface area (Å²) in [5, 5.41) is 0. The van der Waals surface area contributed by atoms with Gasteiger partial charge in [0, 0.05) is 18.7 Å². The van der Waals surface area contributed by atoms with Crippen LogP contribution in [-0.2, 0) is 14.8 Å². The van der Waals surface area contributed by atoms with Gasteiger partial charge in [-0.1, -0.05) is 18.2 Å². The maximum absolute atomic E-state index is 12.8. The third kappa shape index (κ3) is 4.23. The molecule has 1 fully saturated rings. The largest absolute Gasteiger partial charge is 0.495 e. The number of carbonyl (C=O) groups excluding carboxylic acids is 1. The zero-order valence-electron chi connectivity index (χ0n) is 15.3. The molecule has 1 aliphatic heterocycles. The summed E-state index contributed by atoms with van der Waals surface area (Å²) < 4.78 is 38.6. The summed E-state index contributed by atoms with van der Waals surface area (Å²) in [6.45, 7) is 3.75. The van der Waals surface area contributed by atoms with E-state index in [0.717, 1.165) is 5.56 Å². The Morgan fingerprint density at radius 2 is 1.85 bits per heavy atom. The van der Waals surface area contributed by atoms with Gasteiger partial charge in [-0.05, 0) is 36.8 Å². The van der Waals surface area contributed by atoms with E-state index in [2.05, 4.69) is 4.72 Å². The average molecular weight is 390 g/mol. The summed E-state index contributed by atoms with van der Waals surface area (Å²) in [4.78, 5) is 14.5. The van der Waals surface area contributed by atoms with E-state index in [1.807, 2.05) is 0 Å². The van der Waals surface area contributed by atoms with Crippen LogP contribution in [0.3, 0.4) is 0 Å². The first-order valence-electron chi connectivity index (χ1n) is 8.56. The summed E-state index contributed by atoms with van der Waals surface area (Å²) in [7, 11) is -2.40. The van der Waals surface area contributed by atoms with Gasteiger partial charge < -0.3 is 14.4 Å². The van der Waals surface area contributed by atoms with Gasteiger partial charge in [-0.15, -0.1) is 0 Å². The maximum Gasteiger partial charge on any atom is 0.262 e. The summed E-state index contributed by atoms with van der Waals surface area (Å²) >= 11 is 0. The number of benzene rings is 2. The number of methoxy groups -OCH3 is 1. The molecule has 2 aromatic carbocycles.